The highest BCUT2D eigenvalue weighted by Gasteiger charge is 2.24. The average molecular weight is 251 g/mol. The van der Waals surface area contributed by atoms with E-state index in [-0.39, 0.29) is 6.04 Å². The molecule has 1 aromatic rings. The molecule has 1 heterocycles. The fourth-order valence-electron chi connectivity index (χ4n) is 2.47. The van der Waals surface area contributed by atoms with E-state index < -0.39 is 0 Å². The summed E-state index contributed by atoms with van der Waals surface area (Å²) < 4.78 is 5.32. The fourth-order valence-corrected chi connectivity index (χ4v) is 2.47. The zero-order valence-electron chi connectivity index (χ0n) is 11.7. The van der Waals surface area contributed by atoms with Gasteiger partial charge in [0.2, 0.25) is 5.89 Å². The van der Waals surface area contributed by atoms with Gasteiger partial charge in [-0.2, -0.15) is 4.98 Å². The predicted octanol–water partition coefficient (Wildman–Crippen LogP) is 2.89. The van der Waals surface area contributed by atoms with Crippen LogP contribution < -0.4 is 5.73 Å². The van der Waals surface area contributed by atoms with Crippen LogP contribution in [0.5, 0.6) is 0 Å². The van der Waals surface area contributed by atoms with Crippen LogP contribution in [-0.4, -0.2) is 16.2 Å². The molecule has 1 atom stereocenters. The zero-order chi connectivity index (χ0) is 13.1. The van der Waals surface area contributed by atoms with Gasteiger partial charge in [0.05, 0.1) is 0 Å². The minimum absolute atomic E-state index is 0.102. The van der Waals surface area contributed by atoms with Crippen molar-refractivity contribution in [2.45, 2.75) is 64.8 Å². The van der Waals surface area contributed by atoms with Crippen LogP contribution in [0.15, 0.2) is 4.52 Å². The molecule has 2 rings (SSSR count). The van der Waals surface area contributed by atoms with Gasteiger partial charge in [-0.25, -0.2) is 0 Å². The van der Waals surface area contributed by atoms with Crippen LogP contribution in [0.3, 0.4) is 0 Å². The number of nitrogens with zero attached hydrogens (tertiary/aromatic N) is 2. The molecule has 2 N–H and O–H groups in total. The lowest BCUT2D eigenvalue weighted by atomic mass is 9.83. The van der Waals surface area contributed by atoms with E-state index in [0.29, 0.717) is 24.1 Å². The lowest BCUT2D eigenvalue weighted by molar-refractivity contribution is 0.320. The summed E-state index contributed by atoms with van der Waals surface area (Å²) in [4.78, 5) is 4.52. The quantitative estimate of drug-likeness (QED) is 0.893. The standard InChI is InChI=1S/C14H25N3O/c1-9(2)12(15)8-13-16-14(17-18-13)11-6-4-10(3)5-7-11/h9-12H,4-8,15H2,1-3H3. The molecule has 0 saturated heterocycles. The molecular formula is C14H25N3O. The Morgan fingerprint density at radius 1 is 1.28 bits per heavy atom. The van der Waals surface area contributed by atoms with Crippen molar-refractivity contribution in [3.63, 3.8) is 0 Å². The molecule has 4 nitrogen and oxygen atoms in total. The molecule has 0 bridgehead atoms. The largest absolute Gasteiger partial charge is 0.339 e. The first kappa shape index (κ1) is 13.5. The van der Waals surface area contributed by atoms with E-state index in [9.17, 15) is 0 Å². The summed E-state index contributed by atoms with van der Waals surface area (Å²) >= 11 is 0. The van der Waals surface area contributed by atoms with Crippen LogP contribution in [0.4, 0.5) is 0 Å². The molecule has 0 aromatic carbocycles. The van der Waals surface area contributed by atoms with Gasteiger partial charge in [0.1, 0.15) is 0 Å². The molecule has 18 heavy (non-hydrogen) atoms. The van der Waals surface area contributed by atoms with E-state index in [2.05, 4.69) is 30.9 Å². The Bertz CT molecular complexity index is 367. The maximum Gasteiger partial charge on any atom is 0.228 e. The fraction of sp³-hybridized carbons (Fsp3) is 0.857. The van der Waals surface area contributed by atoms with Crippen molar-refractivity contribution >= 4 is 0 Å². The molecule has 1 saturated carbocycles. The van der Waals surface area contributed by atoms with Gasteiger partial charge in [-0.15, -0.1) is 0 Å². The minimum atomic E-state index is 0.102. The first-order chi connectivity index (χ1) is 8.56. The Labute approximate surface area is 109 Å². The van der Waals surface area contributed by atoms with Gasteiger partial charge in [-0.3, -0.25) is 0 Å². The monoisotopic (exact) mass is 251 g/mol. The smallest absolute Gasteiger partial charge is 0.228 e. The van der Waals surface area contributed by atoms with Crippen molar-refractivity contribution < 1.29 is 4.52 Å². The first-order valence-electron chi connectivity index (χ1n) is 7.14. The second-order valence-electron chi connectivity index (χ2n) is 6.12. The molecule has 102 valence electrons. The maximum atomic E-state index is 6.03. The molecule has 4 heteroatoms. The van der Waals surface area contributed by atoms with Crippen LogP contribution in [0.1, 0.15) is 64.1 Å². The summed E-state index contributed by atoms with van der Waals surface area (Å²) in [7, 11) is 0. The van der Waals surface area contributed by atoms with Crippen molar-refractivity contribution in [1.29, 1.82) is 0 Å². The van der Waals surface area contributed by atoms with Gasteiger partial charge < -0.3 is 10.3 Å². The zero-order valence-corrected chi connectivity index (χ0v) is 11.7. The molecule has 1 aromatic heterocycles. The predicted molar refractivity (Wildman–Crippen MR) is 71.2 cm³/mol. The Hall–Kier alpha value is -0.900. The van der Waals surface area contributed by atoms with Gasteiger partial charge in [0.25, 0.3) is 0 Å². The number of hydrogen-bond donors (Lipinski definition) is 1. The molecular weight excluding hydrogens is 226 g/mol. The van der Waals surface area contributed by atoms with Crippen molar-refractivity contribution in [2.75, 3.05) is 0 Å². The van der Waals surface area contributed by atoms with Crippen molar-refractivity contribution in [1.82, 2.24) is 10.1 Å². The van der Waals surface area contributed by atoms with Crippen LogP contribution in [0, 0.1) is 11.8 Å². The summed E-state index contributed by atoms with van der Waals surface area (Å²) in [5.74, 6) is 3.38. The maximum absolute atomic E-state index is 6.03. The lowest BCUT2D eigenvalue weighted by Crippen LogP contribution is -2.28. The SMILES string of the molecule is CC1CCC(c2noc(CC(N)C(C)C)n2)CC1. The van der Waals surface area contributed by atoms with E-state index in [4.69, 9.17) is 10.3 Å². The molecule has 1 unspecified atom stereocenters. The summed E-state index contributed by atoms with van der Waals surface area (Å²) in [6.07, 6.45) is 5.63. The second kappa shape index (κ2) is 5.83. The Morgan fingerprint density at radius 3 is 2.56 bits per heavy atom. The van der Waals surface area contributed by atoms with E-state index in [1.807, 2.05) is 0 Å². The minimum Gasteiger partial charge on any atom is -0.339 e. The van der Waals surface area contributed by atoms with Gasteiger partial charge in [0.15, 0.2) is 5.82 Å². The van der Waals surface area contributed by atoms with Crippen LogP contribution >= 0.6 is 0 Å². The molecule has 0 amide bonds. The van der Waals surface area contributed by atoms with Crippen LogP contribution in [-0.2, 0) is 6.42 Å². The van der Waals surface area contributed by atoms with E-state index in [1.54, 1.807) is 0 Å². The molecule has 1 aliphatic carbocycles. The number of rotatable bonds is 4. The average Bonchev–Trinajstić information content (AvgIpc) is 2.78. The molecule has 0 radical (unpaired) electrons. The van der Waals surface area contributed by atoms with Crippen molar-refractivity contribution in [2.24, 2.45) is 17.6 Å². The summed E-state index contributed by atoms with van der Waals surface area (Å²) in [6, 6.07) is 0.102. The highest BCUT2D eigenvalue weighted by atomic mass is 16.5. The molecule has 1 fully saturated rings. The topological polar surface area (TPSA) is 64.9 Å². The number of aromatic nitrogens is 2. The van der Waals surface area contributed by atoms with Gasteiger partial charge in [-0.05, 0) is 24.7 Å². The number of hydrogen-bond acceptors (Lipinski definition) is 4. The van der Waals surface area contributed by atoms with Crippen molar-refractivity contribution in [3.05, 3.63) is 11.7 Å². The second-order valence-corrected chi connectivity index (χ2v) is 6.12. The Balaban J connectivity index is 1.93. The normalized spacial score (nSPS) is 26.5. The van der Waals surface area contributed by atoms with Gasteiger partial charge >= 0.3 is 0 Å². The molecule has 0 spiro atoms. The lowest BCUT2D eigenvalue weighted by Gasteiger charge is -2.23. The van der Waals surface area contributed by atoms with E-state index in [0.717, 1.165) is 11.7 Å². The third-order valence-corrected chi connectivity index (χ3v) is 4.13. The van der Waals surface area contributed by atoms with Gasteiger partial charge in [-0.1, -0.05) is 38.8 Å². The third kappa shape index (κ3) is 3.31. The summed E-state index contributed by atoms with van der Waals surface area (Å²) in [6.45, 7) is 6.55. The van der Waals surface area contributed by atoms with E-state index >= 15 is 0 Å². The number of nitrogens with two attached hydrogens (primary N) is 1. The molecule has 1 aliphatic rings. The highest BCUT2D eigenvalue weighted by molar-refractivity contribution is 4.98. The van der Waals surface area contributed by atoms with E-state index in [1.165, 1.54) is 25.7 Å². The van der Waals surface area contributed by atoms with Crippen LogP contribution in [0.25, 0.3) is 0 Å². The third-order valence-electron chi connectivity index (χ3n) is 4.13. The summed E-state index contributed by atoms with van der Waals surface area (Å²) in [5, 5.41) is 4.14. The summed E-state index contributed by atoms with van der Waals surface area (Å²) in [5.41, 5.74) is 6.03. The van der Waals surface area contributed by atoms with Crippen LogP contribution in [0.2, 0.25) is 0 Å². The Kier molecular flexibility index (Phi) is 4.38. The Morgan fingerprint density at radius 2 is 1.94 bits per heavy atom. The highest BCUT2D eigenvalue weighted by Crippen LogP contribution is 2.34. The van der Waals surface area contributed by atoms with Gasteiger partial charge in [0, 0.05) is 18.4 Å². The molecule has 0 aliphatic heterocycles. The first-order valence-corrected chi connectivity index (χ1v) is 7.14. The van der Waals surface area contributed by atoms with Crippen molar-refractivity contribution in [3.8, 4) is 0 Å².